The summed E-state index contributed by atoms with van der Waals surface area (Å²) in [5.74, 6) is 1.34. The Labute approximate surface area is 185 Å². The number of benzene rings is 3. The maximum atomic E-state index is 5.31. The Morgan fingerprint density at radius 3 is 2.53 bits per heavy atom. The molecule has 156 valence electrons. The number of ether oxygens (including phenoxy) is 1. The summed E-state index contributed by atoms with van der Waals surface area (Å²) in [6.07, 6.45) is 4.98. The van der Waals surface area contributed by atoms with Crippen molar-refractivity contribution in [1.82, 2.24) is 19.7 Å². The summed E-state index contributed by atoms with van der Waals surface area (Å²) in [6.45, 7) is 0. The summed E-state index contributed by atoms with van der Waals surface area (Å²) in [5.41, 5.74) is 7.87. The van der Waals surface area contributed by atoms with Crippen LogP contribution < -0.4 is 10.2 Å². The maximum Gasteiger partial charge on any atom is 0.168 e. The van der Waals surface area contributed by atoms with Gasteiger partial charge in [0.2, 0.25) is 0 Å². The van der Waals surface area contributed by atoms with Crippen molar-refractivity contribution in [3.8, 4) is 22.6 Å². The lowest BCUT2D eigenvalue weighted by Gasteiger charge is -2.06. The van der Waals surface area contributed by atoms with Crippen molar-refractivity contribution in [2.24, 2.45) is 5.10 Å². The Balaban J connectivity index is 1.36. The Bertz CT molecular complexity index is 1380. The van der Waals surface area contributed by atoms with Crippen molar-refractivity contribution in [2.75, 3.05) is 12.5 Å². The number of methoxy groups -OCH3 is 1. The van der Waals surface area contributed by atoms with Gasteiger partial charge in [0.25, 0.3) is 0 Å². The molecule has 0 saturated heterocycles. The van der Waals surface area contributed by atoms with Crippen LogP contribution >= 0.6 is 0 Å². The van der Waals surface area contributed by atoms with Crippen molar-refractivity contribution in [1.29, 1.82) is 0 Å². The molecule has 3 aromatic carbocycles. The van der Waals surface area contributed by atoms with Crippen molar-refractivity contribution in [3.05, 3.63) is 97.0 Å². The molecule has 0 saturated carbocycles. The van der Waals surface area contributed by atoms with Gasteiger partial charge in [0.15, 0.2) is 11.5 Å². The zero-order valence-corrected chi connectivity index (χ0v) is 17.4. The van der Waals surface area contributed by atoms with Crippen LogP contribution in [0.25, 0.3) is 27.8 Å². The number of nitrogens with zero attached hydrogens (tertiary/aromatic N) is 5. The fraction of sp³-hybridized carbons (Fsp3) is 0.0400. The molecular formula is C25H20N6O. The van der Waals surface area contributed by atoms with Crippen LogP contribution in [0.4, 0.5) is 5.82 Å². The number of fused-ring (bicyclic) bond motifs is 1. The summed E-state index contributed by atoms with van der Waals surface area (Å²) in [4.78, 5) is 8.71. The standard InChI is InChI=1S/C25H20N6O/c1-32-22-9-5-8-21(14-22)31-25-23(16-29-31)24(26-17-27-25)30-28-15-18-10-12-20(13-11-18)19-6-3-2-4-7-19/h2-17H,1H3,(H,26,27,30). The lowest BCUT2D eigenvalue weighted by atomic mass is 10.0. The van der Waals surface area contributed by atoms with E-state index in [2.05, 4.69) is 49.9 Å². The molecule has 0 aliphatic carbocycles. The second kappa shape index (κ2) is 8.69. The molecule has 0 bridgehead atoms. The van der Waals surface area contributed by atoms with Gasteiger partial charge in [-0.05, 0) is 28.8 Å². The molecule has 5 rings (SSSR count). The zero-order valence-electron chi connectivity index (χ0n) is 17.4. The molecule has 32 heavy (non-hydrogen) atoms. The van der Waals surface area contributed by atoms with E-state index < -0.39 is 0 Å². The number of aromatic nitrogens is 4. The minimum atomic E-state index is 0.585. The molecule has 0 radical (unpaired) electrons. The fourth-order valence-corrected chi connectivity index (χ4v) is 3.42. The van der Waals surface area contributed by atoms with E-state index in [1.54, 1.807) is 24.2 Å². The highest BCUT2D eigenvalue weighted by Gasteiger charge is 2.11. The molecule has 2 aromatic heterocycles. The summed E-state index contributed by atoms with van der Waals surface area (Å²) in [5, 5.41) is 9.59. The Kier molecular flexibility index (Phi) is 5.28. The lowest BCUT2D eigenvalue weighted by molar-refractivity contribution is 0.414. The molecule has 1 N–H and O–H groups in total. The number of anilines is 1. The third-order valence-corrected chi connectivity index (χ3v) is 5.07. The van der Waals surface area contributed by atoms with Gasteiger partial charge in [-0.15, -0.1) is 0 Å². The number of nitrogens with one attached hydrogen (secondary N) is 1. The van der Waals surface area contributed by atoms with Crippen molar-refractivity contribution in [3.63, 3.8) is 0 Å². The molecule has 0 aliphatic heterocycles. The molecule has 7 heteroatoms. The van der Waals surface area contributed by atoms with Gasteiger partial charge >= 0.3 is 0 Å². The summed E-state index contributed by atoms with van der Waals surface area (Å²) in [7, 11) is 1.64. The first-order valence-corrected chi connectivity index (χ1v) is 10.1. The number of rotatable bonds is 6. The van der Waals surface area contributed by atoms with Crippen molar-refractivity contribution < 1.29 is 4.74 Å². The third-order valence-electron chi connectivity index (χ3n) is 5.07. The smallest absolute Gasteiger partial charge is 0.168 e. The highest BCUT2D eigenvalue weighted by atomic mass is 16.5. The van der Waals surface area contributed by atoms with Crippen LogP contribution in [-0.4, -0.2) is 33.1 Å². The number of hydrogen-bond donors (Lipinski definition) is 1. The van der Waals surface area contributed by atoms with Crippen LogP contribution in [0.15, 0.2) is 96.5 Å². The second-order valence-electron chi connectivity index (χ2n) is 7.08. The van der Waals surface area contributed by atoms with Gasteiger partial charge in [0, 0.05) is 6.07 Å². The Hall–Kier alpha value is -4.52. The molecule has 0 atom stereocenters. The molecule has 2 heterocycles. The SMILES string of the molecule is COc1cccc(-n2ncc3c(NN=Cc4ccc(-c5ccccc5)cc4)ncnc32)c1. The molecule has 7 nitrogen and oxygen atoms in total. The average molecular weight is 420 g/mol. The molecule has 0 fully saturated rings. The average Bonchev–Trinajstić information content (AvgIpc) is 3.30. The van der Waals surface area contributed by atoms with E-state index in [0.717, 1.165) is 28.0 Å². The quantitative estimate of drug-likeness (QED) is 0.311. The summed E-state index contributed by atoms with van der Waals surface area (Å²) < 4.78 is 7.06. The predicted molar refractivity (Wildman–Crippen MR) is 126 cm³/mol. The lowest BCUT2D eigenvalue weighted by Crippen LogP contribution is -2.00. The van der Waals surface area contributed by atoms with E-state index >= 15 is 0 Å². The van der Waals surface area contributed by atoms with E-state index in [9.17, 15) is 0 Å². The Morgan fingerprint density at radius 1 is 0.906 bits per heavy atom. The van der Waals surface area contributed by atoms with Gasteiger partial charge in [-0.2, -0.15) is 10.2 Å². The van der Waals surface area contributed by atoms with E-state index in [1.165, 1.54) is 11.9 Å². The fourth-order valence-electron chi connectivity index (χ4n) is 3.42. The van der Waals surface area contributed by atoms with Crippen LogP contribution in [0.5, 0.6) is 5.75 Å². The molecule has 0 amide bonds. The van der Waals surface area contributed by atoms with Gasteiger partial charge in [-0.3, -0.25) is 5.43 Å². The molecule has 0 spiro atoms. The summed E-state index contributed by atoms with van der Waals surface area (Å²) in [6, 6.07) is 26.1. The Morgan fingerprint density at radius 2 is 1.72 bits per heavy atom. The minimum Gasteiger partial charge on any atom is -0.497 e. The second-order valence-corrected chi connectivity index (χ2v) is 7.08. The van der Waals surface area contributed by atoms with Crippen LogP contribution in [-0.2, 0) is 0 Å². The van der Waals surface area contributed by atoms with Crippen LogP contribution in [0, 0.1) is 0 Å². The van der Waals surface area contributed by atoms with Gasteiger partial charge in [0.1, 0.15) is 12.1 Å². The minimum absolute atomic E-state index is 0.585. The highest BCUT2D eigenvalue weighted by molar-refractivity contribution is 5.88. The first-order chi connectivity index (χ1) is 15.8. The number of hydrazone groups is 1. The van der Waals surface area contributed by atoms with Crippen LogP contribution in [0.1, 0.15) is 5.56 Å². The largest absolute Gasteiger partial charge is 0.497 e. The van der Waals surface area contributed by atoms with E-state index in [-0.39, 0.29) is 0 Å². The van der Waals surface area contributed by atoms with Crippen LogP contribution in [0.3, 0.4) is 0 Å². The molecule has 5 aromatic rings. The number of hydrogen-bond acceptors (Lipinski definition) is 6. The van der Waals surface area contributed by atoms with E-state index in [0.29, 0.717) is 11.5 Å². The normalized spacial score (nSPS) is 11.2. The molecule has 0 aliphatic rings. The van der Waals surface area contributed by atoms with Gasteiger partial charge in [-0.25, -0.2) is 14.6 Å². The topological polar surface area (TPSA) is 77.2 Å². The van der Waals surface area contributed by atoms with Gasteiger partial charge in [0.05, 0.1) is 30.6 Å². The zero-order chi connectivity index (χ0) is 21.8. The van der Waals surface area contributed by atoms with E-state index in [1.807, 2.05) is 54.6 Å². The third kappa shape index (κ3) is 3.91. The summed E-state index contributed by atoms with van der Waals surface area (Å²) >= 11 is 0. The molecule has 0 unspecified atom stereocenters. The monoisotopic (exact) mass is 420 g/mol. The molecular weight excluding hydrogens is 400 g/mol. The maximum absolute atomic E-state index is 5.31. The predicted octanol–water partition coefficient (Wildman–Crippen LogP) is 4.94. The first kappa shape index (κ1) is 19.4. The van der Waals surface area contributed by atoms with Gasteiger partial charge in [-0.1, -0.05) is 60.7 Å². The van der Waals surface area contributed by atoms with E-state index in [4.69, 9.17) is 4.74 Å². The highest BCUT2D eigenvalue weighted by Crippen LogP contribution is 2.24. The first-order valence-electron chi connectivity index (χ1n) is 10.1. The van der Waals surface area contributed by atoms with Gasteiger partial charge < -0.3 is 4.74 Å². The van der Waals surface area contributed by atoms with Crippen molar-refractivity contribution >= 4 is 23.1 Å². The van der Waals surface area contributed by atoms with Crippen LogP contribution in [0.2, 0.25) is 0 Å². The van der Waals surface area contributed by atoms with Crippen molar-refractivity contribution in [2.45, 2.75) is 0 Å².